The van der Waals surface area contributed by atoms with Crippen molar-refractivity contribution in [2.24, 2.45) is 5.92 Å². The van der Waals surface area contributed by atoms with Gasteiger partial charge in [0.25, 0.3) is 0 Å². The predicted molar refractivity (Wildman–Crippen MR) is 29.3 cm³/mol. The molecular formula is C6H11FO. The molecule has 0 aromatic heterocycles. The highest BCUT2D eigenvalue weighted by Gasteiger charge is 2.25. The molecule has 0 aliphatic heterocycles. The normalized spacial score (nSPS) is 38.2. The van der Waals surface area contributed by atoms with Gasteiger partial charge in [0.2, 0.25) is 0 Å². The van der Waals surface area contributed by atoms with E-state index in [2.05, 4.69) is 0 Å². The number of alkyl halides is 1. The summed E-state index contributed by atoms with van der Waals surface area (Å²) in [6.07, 6.45) is 1.76. The molecule has 1 rings (SSSR count). The van der Waals surface area contributed by atoms with Crippen molar-refractivity contribution in [3.05, 3.63) is 0 Å². The fraction of sp³-hybridized carbons (Fsp3) is 1.00. The van der Waals surface area contributed by atoms with E-state index in [1.165, 1.54) is 0 Å². The summed E-state index contributed by atoms with van der Waals surface area (Å²) in [7, 11) is 0. The van der Waals surface area contributed by atoms with Crippen LogP contribution in [-0.4, -0.2) is 17.9 Å². The maximum atomic E-state index is 12.4. The second-order valence-electron chi connectivity index (χ2n) is 2.39. The quantitative estimate of drug-likeness (QED) is 0.547. The first-order valence-corrected chi connectivity index (χ1v) is 3.09. The molecule has 1 N–H and O–H groups in total. The first-order chi connectivity index (χ1) is 3.84. The van der Waals surface area contributed by atoms with Gasteiger partial charge in [0, 0.05) is 12.5 Å². The van der Waals surface area contributed by atoms with Gasteiger partial charge in [0.15, 0.2) is 0 Å². The number of aliphatic hydroxyl groups is 1. The zero-order valence-electron chi connectivity index (χ0n) is 4.81. The smallest absolute Gasteiger partial charge is 0.105 e. The summed E-state index contributed by atoms with van der Waals surface area (Å²) in [5.74, 6) is -0.0463. The van der Waals surface area contributed by atoms with Gasteiger partial charge in [-0.2, -0.15) is 0 Å². The molecule has 0 spiro atoms. The lowest BCUT2D eigenvalue weighted by atomic mass is 10.1. The second-order valence-corrected chi connectivity index (χ2v) is 2.39. The second kappa shape index (κ2) is 2.44. The lowest BCUT2D eigenvalue weighted by Crippen LogP contribution is -2.11. The molecular weight excluding hydrogens is 107 g/mol. The van der Waals surface area contributed by atoms with Crippen LogP contribution in [0.25, 0.3) is 0 Å². The molecule has 0 heterocycles. The van der Waals surface area contributed by atoms with E-state index < -0.39 is 6.17 Å². The van der Waals surface area contributed by atoms with Crippen LogP contribution in [0.2, 0.25) is 0 Å². The van der Waals surface area contributed by atoms with Gasteiger partial charge in [0.1, 0.15) is 6.17 Å². The van der Waals surface area contributed by atoms with Crippen molar-refractivity contribution >= 4 is 0 Å². The highest BCUT2D eigenvalue weighted by atomic mass is 19.1. The Bertz CT molecular complexity index is 74.9. The van der Waals surface area contributed by atoms with Gasteiger partial charge >= 0.3 is 0 Å². The molecule has 0 amide bonds. The summed E-state index contributed by atoms with van der Waals surface area (Å²) >= 11 is 0. The Kier molecular flexibility index (Phi) is 1.84. The molecule has 2 atom stereocenters. The van der Waals surface area contributed by atoms with Crippen LogP contribution in [0, 0.1) is 5.92 Å². The fourth-order valence-corrected chi connectivity index (χ4v) is 1.20. The van der Waals surface area contributed by atoms with E-state index in [9.17, 15) is 4.39 Å². The van der Waals surface area contributed by atoms with Crippen LogP contribution in [0.1, 0.15) is 19.3 Å². The van der Waals surface area contributed by atoms with Crippen LogP contribution < -0.4 is 0 Å². The average Bonchev–Trinajstić information content (AvgIpc) is 2.14. The zero-order chi connectivity index (χ0) is 5.98. The summed E-state index contributed by atoms with van der Waals surface area (Å²) < 4.78 is 12.4. The minimum atomic E-state index is -0.722. The fourth-order valence-electron chi connectivity index (χ4n) is 1.20. The molecule has 1 saturated carbocycles. The number of aliphatic hydroxyl groups excluding tert-OH is 1. The van der Waals surface area contributed by atoms with Crippen LogP contribution in [0.15, 0.2) is 0 Å². The van der Waals surface area contributed by atoms with E-state index in [-0.39, 0.29) is 12.5 Å². The molecule has 0 radical (unpaired) electrons. The van der Waals surface area contributed by atoms with Crippen LogP contribution >= 0.6 is 0 Å². The topological polar surface area (TPSA) is 20.2 Å². The Morgan fingerprint density at radius 2 is 2.25 bits per heavy atom. The zero-order valence-corrected chi connectivity index (χ0v) is 4.81. The van der Waals surface area contributed by atoms with Crippen LogP contribution in [0.5, 0.6) is 0 Å². The Balaban J connectivity index is 2.30. The molecule has 2 heteroatoms. The summed E-state index contributed by atoms with van der Waals surface area (Å²) in [4.78, 5) is 0. The summed E-state index contributed by atoms with van der Waals surface area (Å²) in [6, 6.07) is 0. The van der Waals surface area contributed by atoms with Crippen molar-refractivity contribution in [3.8, 4) is 0 Å². The third-order valence-electron chi connectivity index (χ3n) is 1.80. The van der Waals surface area contributed by atoms with E-state index in [1.54, 1.807) is 0 Å². The van der Waals surface area contributed by atoms with Gasteiger partial charge < -0.3 is 5.11 Å². The van der Waals surface area contributed by atoms with Crippen molar-refractivity contribution < 1.29 is 9.50 Å². The van der Waals surface area contributed by atoms with E-state index in [1.807, 2.05) is 0 Å². The van der Waals surface area contributed by atoms with E-state index in [0.717, 1.165) is 12.8 Å². The number of hydrogen-bond acceptors (Lipinski definition) is 1. The molecule has 0 aromatic rings. The van der Waals surface area contributed by atoms with Crippen LogP contribution in [0.3, 0.4) is 0 Å². The highest BCUT2D eigenvalue weighted by Crippen LogP contribution is 2.27. The molecule has 1 aliphatic rings. The van der Waals surface area contributed by atoms with Crippen molar-refractivity contribution in [2.75, 3.05) is 6.61 Å². The van der Waals surface area contributed by atoms with E-state index >= 15 is 0 Å². The van der Waals surface area contributed by atoms with Crippen molar-refractivity contribution in [2.45, 2.75) is 25.4 Å². The first kappa shape index (κ1) is 6.02. The Labute approximate surface area is 48.5 Å². The standard InChI is InChI=1S/C6H11FO/c7-6-3-1-2-5(6)4-8/h5-6,8H,1-4H2/t5-,6+/m0/s1. The van der Waals surface area contributed by atoms with Crippen molar-refractivity contribution in [3.63, 3.8) is 0 Å². The maximum Gasteiger partial charge on any atom is 0.105 e. The van der Waals surface area contributed by atoms with Crippen molar-refractivity contribution in [1.29, 1.82) is 0 Å². The van der Waals surface area contributed by atoms with Crippen LogP contribution in [0.4, 0.5) is 4.39 Å². The monoisotopic (exact) mass is 118 g/mol. The molecule has 1 nitrogen and oxygen atoms in total. The number of rotatable bonds is 1. The molecule has 0 unspecified atom stereocenters. The van der Waals surface area contributed by atoms with Gasteiger partial charge in [-0.15, -0.1) is 0 Å². The highest BCUT2D eigenvalue weighted by molar-refractivity contribution is 4.75. The average molecular weight is 118 g/mol. The van der Waals surface area contributed by atoms with Crippen LogP contribution in [-0.2, 0) is 0 Å². The molecule has 48 valence electrons. The predicted octanol–water partition coefficient (Wildman–Crippen LogP) is 1.12. The lowest BCUT2D eigenvalue weighted by molar-refractivity contribution is 0.162. The third kappa shape index (κ3) is 0.996. The Morgan fingerprint density at radius 1 is 1.50 bits per heavy atom. The molecule has 1 aliphatic carbocycles. The van der Waals surface area contributed by atoms with Gasteiger partial charge in [-0.05, 0) is 12.8 Å². The minimum absolute atomic E-state index is 0.0289. The van der Waals surface area contributed by atoms with Gasteiger partial charge in [-0.3, -0.25) is 0 Å². The number of hydrogen-bond donors (Lipinski definition) is 1. The lowest BCUT2D eigenvalue weighted by Gasteiger charge is -2.05. The van der Waals surface area contributed by atoms with Crippen molar-refractivity contribution in [1.82, 2.24) is 0 Å². The largest absolute Gasteiger partial charge is 0.396 e. The molecule has 0 bridgehead atoms. The summed E-state index contributed by atoms with van der Waals surface area (Å²) in [6.45, 7) is 0.0289. The number of halogens is 1. The van der Waals surface area contributed by atoms with E-state index in [0.29, 0.717) is 6.42 Å². The molecule has 1 fully saturated rings. The molecule has 8 heavy (non-hydrogen) atoms. The first-order valence-electron chi connectivity index (χ1n) is 3.09. The van der Waals surface area contributed by atoms with Gasteiger partial charge in [-0.1, -0.05) is 6.42 Å². The third-order valence-corrected chi connectivity index (χ3v) is 1.80. The minimum Gasteiger partial charge on any atom is -0.396 e. The Hall–Kier alpha value is -0.110. The molecule has 0 aromatic carbocycles. The van der Waals surface area contributed by atoms with E-state index in [4.69, 9.17) is 5.11 Å². The SMILES string of the molecule is OC[C@@H]1CCC[C@H]1F. The molecule has 0 saturated heterocycles. The van der Waals surface area contributed by atoms with Gasteiger partial charge in [-0.25, -0.2) is 4.39 Å². The summed E-state index contributed by atoms with van der Waals surface area (Å²) in [5, 5.41) is 8.50. The van der Waals surface area contributed by atoms with Gasteiger partial charge in [0.05, 0.1) is 0 Å². The Morgan fingerprint density at radius 3 is 2.50 bits per heavy atom. The summed E-state index contributed by atoms with van der Waals surface area (Å²) in [5.41, 5.74) is 0. The maximum absolute atomic E-state index is 12.4.